The molecule has 1 saturated carbocycles. The largest absolute Gasteiger partial charge is 0.343 e. The molecular weight excluding hydrogens is 364 g/mol. The molecular formula is C23H24N4O2. The highest BCUT2D eigenvalue weighted by Gasteiger charge is 2.22. The maximum Gasteiger partial charge on any atom is 0.251 e. The van der Waals surface area contributed by atoms with Crippen molar-refractivity contribution in [2.75, 3.05) is 11.9 Å². The number of fused-ring (bicyclic) bond motifs is 2. The third-order valence-electron chi connectivity index (χ3n) is 6.05. The van der Waals surface area contributed by atoms with E-state index in [0.29, 0.717) is 17.2 Å². The highest BCUT2D eigenvalue weighted by atomic mass is 16.2. The van der Waals surface area contributed by atoms with Gasteiger partial charge in [0.25, 0.3) is 5.91 Å². The molecule has 1 heterocycles. The van der Waals surface area contributed by atoms with Crippen molar-refractivity contribution in [3.63, 3.8) is 0 Å². The summed E-state index contributed by atoms with van der Waals surface area (Å²) < 4.78 is 0. The predicted octanol–water partition coefficient (Wildman–Crippen LogP) is 3.69. The summed E-state index contributed by atoms with van der Waals surface area (Å²) in [6.07, 6.45) is 6.89. The summed E-state index contributed by atoms with van der Waals surface area (Å²) >= 11 is 0. The number of H-pyrrole nitrogens is 1. The molecule has 3 aromatic rings. The number of anilines is 1. The van der Waals surface area contributed by atoms with Crippen LogP contribution in [0.1, 0.15) is 58.9 Å². The molecule has 2 aromatic carbocycles. The molecule has 1 aromatic heterocycles. The minimum atomic E-state index is -0.252. The number of benzene rings is 2. The van der Waals surface area contributed by atoms with Crippen LogP contribution in [0, 0.1) is 0 Å². The highest BCUT2D eigenvalue weighted by Crippen LogP contribution is 2.35. The maximum atomic E-state index is 12.4. The topological polar surface area (TPSA) is 86.9 Å². The number of aryl methyl sites for hydroxylation is 2. The lowest BCUT2D eigenvalue weighted by Gasteiger charge is -2.22. The average Bonchev–Trinajstić information content (AvgIpc) is 3.30. The number of aromatic amines is 1. The number of imidazole rings is 1. The van der Waals surface area contributed by atoms with Crippen LogP contribution in [-0.2, 0) is 17.6 Å². The SMILES string of the molecule is O=C(CNC(=O)c1ccc2c(c1)CCC2)Nc1ccc2nc(C3CCC3)[nH]c2c1. The second kappa shape index (κ2) is 7.35. The number of carbonyl (C=O) groups excluding carboxylic acids is 2. The van der Waals surface area contributed by atoms with Crippen molar-refractivity contribution in [2.24, 2.45) is 0 Å². The summed E-state index contributed by atoms with van der Waals surface area (Å²) in [6, 6.07) is 11.4. The molecule has 0 unspecified atom stereocenters. The van der Waals surface area contributed by atoms with Crippen molar-refractivity contribution in [1.82, 2.24) is 15.3 Å². The number of amides is 2. The van der Waals surface area contributed by atoms with Crippen LogP contribution in [-0.4, -0.2) is 28.3 Å². The number of nitrogens with zero attached hydrogens (tertiary/aromatic N) is 1. The predicted molar refractivity (Wildman–Crippen MR) is 112 cm³/mol. The number of nitrogens with one attached hydrogen (secondary N) is 3. The molecule has 0 atom stereocenters. The van der Waals surface area contributed by atoms with E-state index in [9.17, 15) is 9.59 Å². The standard InChI is InChI=1S/C23H24N4O2/c28-21(13-24-23(29)17-8-7-14-3-1-6-16(14)11-17)25-18-9-10-19-20(12-18)27-22(26-19)15-4-2-5-15/h7-12,15H,1-6,13H2,(H,24,29)(H,25,28)(H,26,27). The van der Waals surface area contributed by atoms with Crippen molar-refractivity contribution in [3.8, 4) is 0 Å². The molecule has 0 radical (unpaired) electrons. The van der Waals surface area contributed by atoms with Gasteiger partial charge in [0.2, 0.25) is 5.91 Å². The Morgan fingerprint density at radius 2 is 1.90 bits per heavy atom. The van der Waals surface area contributed by atoms with E-state index in [0.717, 1.165) is 36.1 Å². The molecule has 5 rings (SSSR count). The van der Waals surface area contributed by atoms with E-state index in [-0.39, 0.29) is 18.4 Å². The minimum Gasteiger partial charge on any atom is -0.343 e. The Morgan fingerprint density at radius 3 is 2.72 bits per heavy atom. The number of carbonyl (C=O) groups is 2. The summed E-state index contributed by atoms with van der Waals surface area (Å²) in [5, 5.41) is 5.56. The zero-order valence-electron chi connectivity index (χ0n) is 16.3. The Hall–Kier alpha value is -3.15. The molecule has 3 N–H and O–H groups in total. The fraction of sp³-hybridized carbons (Fsp3) is 0.348. The number of rotatable bonds is 5. The van der Waals surface area contributed by atoms with Crippen LogP contribution in [0.2, 0.25) is 0 Å². The van der Waals surface area contributed by atoms with E-state index < -0.39 is 0 Å². The Morgan fingerprint density at radius 1 is 1.03 bits per heavy atom. The zero-order valence-corrected chi connectivity index (χ0v) is 16.3. The summed E-state index contributed by atoms with van der Waals surface area (Å²) in [5.74, 6) is 1.10. The van der Waals surface area contributed by atoms with Gasteiger partial charge in [-0.3, -0.25) is 9.59 Å². The molecule has 6 heteroatoms. The first-order chi connectivity index (χ1) is 14.2. The van der Waals surface area contributed by atoms with Crippen molar-refractivity contribution in [1.29, 1.82) is 0 Å². The monoisotopic (exact) mass is 388 g/mol. The molecule has 6 nitrogen and oxygen atoms in total. The Kier molecular flexibility index (Phi) is 4.54. The normalized spacial score (nSPS) is 15.7. The first kappa shape index (κ1) is 17.9. The third kappa shape index (κ3) is 3.62. The molecule has 0 spiro atoms. The molecule has 29 heavy (non-hydrogen) atoms. The lowest BCUT2D eigenvalue weighted by Crippen LogP contribution is -2.32. The molecule has 148 valence electrons. The highest BCUT2D eigenvalue weighted by molar-refractivity contribution is 6.00. The molecule has 2 aliphatic carbocycles. The summed E-state index contributed by atoms with van der Waals surface area (Å²) in [6.45, 7) is -0.0652. The van der Waals surface area contributed by atoms with Crippen LogP contribution in [0.15, 0.2) is 36.4 Å². The van der Waals surface area contributed by atoms with E-state index in [1.807, 2.05) is 36.4 Å². The van der Waals surface area contributed by atoms with Gasteiger partial charge in [0.05, 0.1) is 17.6 Å². The first-order valence-corrected chi connectivity index (χ1v) is 10.4. The fourth-order valence-electron chi connectivity index (χ4n) is 4.16. The second-order valence-electron chi connectivity index (χ2n) is 8.05. The number of aromatic nitrogens is 2. The number of hydrogen-bond acceptors (Lipinski definition) is 3. The van der Waals surface area contributed by atoms with Crippen LogP contribution in [0.5, 0.6) is 0 Å². The third-order valence-corrected chi connectivity index (χ3v) is 6.05. The van der Waals surface area contributed by atoms with Gasteiger partial charge in [-0.1, -0.05) is 12.5 Å². The smallest absolute Gasteiger partial charge is 0.251 e. The van der Waals surface area contributed by atoms with E-state index in [1.165, 1.54) is 30.4 Å². The lowest BCUT2D eigenvalue weighted by atomic mass is 9.85. The molecule has 0 aliphatic heterocycles. The van der Waals surface area contributed by atoms with Crippen molar-refractivity contribution >= 4 is 28.5 Å². The van der Waals surface area contributed by atoms with Gasteiger partial charge in [0, 0.05) is 17.2 Å². The van der Waals surface area contributed by atoms with Gasteiger partial charge < -0.3 is 15.6 Å². The average molecular weight is 388 g/mol. The zero-order chi connectivity index (χ0) is 19.8. The van der Waals surface area contributed by atoms with Crippen LogP contribution in [0.25, 0.3) is 11.0 Å². The van der Waals surface area contributed by atoms with Crippen molar-refractivity contribution in [3.05, 3.63) is 58.9 Å². The van der Waals surface area contributed by atoms with Crippen LogP contribution in [0.3, 0.4) is 0 Å². The van der Waals surface area contributed by atoms with Gasteiger partial charge in [0.15, 0.2) is 0 Å². The summed E-state index contributed by atoms with van der Waals surface area (Å²) in [5.41, 5.74) is 5.71. The van der Waals surface area contributed by atoms with Crippen LogP contribution < -0.4 is 10.6 Å². The quantitative estimate of drug-likeness (QED) is 0.623. The van der Waals surface area contributed by atoms with Gasteiger partial charge in [-0.05, 0) is 73.6 Å². The van der Waals surface area contributed by atoms with Gasteiger partial charge in [0.1, 0.15) is 5.82 Å². The van der Waals surface area contributed by atoms with Crippen molar-refractivity contribution in [2.45, 2.75) is 44.4 Å². The molecule has 2 amide bonds. The lowest BCUT2D eigenvalue weighted by molar-refractivity contribution is -0.115. The van der Waals surface area contributed by atoms with Crippen LogP contribution in [0.4, 0.5) is 5.69 Å². The van der Waals surface area contributed by atoms with E-state index >= 15 is 0 Å². The van der Waals surface area contributed by atoms with E-state index in [4.69, 9.17) is 0 Å². The minimum absolute atomic E-state index is 0.0652. The van der Waals surface area contributed by atoms with Gasteiger partial charge in [-0.2, -0.15) is 0 Å². The number of hydrogen-bond donors (Lipinski definition) is 3. The maximum absolute atomic E-state index is 12.4. The van der Waals surface area contributed by atoms with E-state index in [1.54, 1.807) is 0 Å². The van der Waals surface area contributed by atoms with Gasteiger partial charge in [-0.25, -0.2) is 4.98 Å². The van der Waals surface area contributed by atoms with Gasteiger partial charge >= 0.3 is 0 Å². The molecule has 0 bridgehead atoms. The van der Waals surface area contributed by atoms with Gasteiger partial charge in [-0.15, -0.1) is 0 Å². The molecule has 0 saturated heterocycles. The first-order valence-electron chi connectivity index (χ1n) is 10.4. The Bertz CT molecular complexity index is 1100. The Labute approximate surface area is 169 Å². The Balaban J connectivity index is 1.19. The van der Waals surface area contributed by atoms with Crippen molar-refractivity contribution < 1.29 is 9.59 Å². The molecule has 1 fully saturated rings. The van der Waals surface area contributed by atoms with E-state index in [2.05, 4.69) is 20.6 Å². The second-order valence-corrected chi connectivity index (χ2v) is 8.05. The van der Waals surface area contributed by atoms with Crippen LogP contribution >= 0.6 is 0 Å². The summed E-state index contributed by atoms with van der Waals surface area (Å²) in [4.78, 5) is 32.7. The fourth-order valence-corrected chi connectivity index (χ4v) is 4.16. The molecule has 2 aliphatic rings. The summed E-state index contributed by atoms with van der Waals surface area (Å²) in [7, 11) is 0.